The molecule has 5 heteroatoms. The molecule has 0 aliphatic heterocycles. The van der Waals surface area contributed by atoms with Crippen LogP contribution in [0.4, 0.5) is 0 Å². The molecule has 0 bridgehead atoms. The fraction of sp³-hybridized carbons (Fsp3) is 0.367. The van der Waals surface area contributed by atoms with Crippen molar-refractivity contribution in [2.45, 2.75) is 72.6 Å². The van der Waals surface area contributed by atoms with E-state index in [2.05, 4.69) is 32.9 Å². The number of carbonyl (C=O) groups is 1. The zero-order chi connectivity index (χ0) is 26.1. The molecule has 0 aromatic heterocycles. The number of rotatable bonds is 11. The van der Waals surface area contributed by atoms with Crippen LogP contribution in [0.1, 0.15) is 82.1 Å². The number of aldehydes is 1. The van der Waals surface area contributed by atoms with Crippen molar-refractivity contribution in [1.82, 2.24) is 0 Å². The number of hydrogen-bond acceptors (Lipinski definition) is 5. The summed E-state index contributed by atoms with van der Waals surface area (Å²) in [4.78, 5) is 11.6. The third kappa shape index (κ3) is 8.06. The Balaban J connectivity index is 2.57. The minimum absolute atomic E-state index is 0.0236. The summed E-state index contributed by atoms with van der Waals surface area (Å²) in [6.07, 6.45) is 10.0. The van der Waals surface area contributed by atoms with Gasteiger partial charge < -0.3 is 25.2 Å². The number of phenolic OH excluding ortho intramolecular Hbond substituents is 4. The van der Waals surface area contributed by atoms with Gasteiger partial charge in [0, 0.05) is 30.0 Å². The zero-order valence-corrected chi connectivity index (χ0v) is 21.4. The van der Waals surface area contributed by atoms with Crippen LogP contribution in [0.25, 0.3) is 0 Å². The average Bonchev–Trinajstić information content (AvgIpc) is 2.76. The third-order valence-electron chi connectivity index (χ3n) is 5.99. The summed E-state index contributed by atoms with van der Waals surface area (Å²) < 4.78 is 0. The molecule has 1 atom stereocenters. The molecule has 4 N–H and O–H groups in total. The van der Waals surface area contributed by atoms with Crippen LogP contribution in [0.2, 0.25) is 0 Å². The molecule has 0 aliphatic carbocycles. The third-order valence-corrected chi connectivity index (χ3v) is 5.99. The van der Waals surface area contributed by atoms with Crippen molar-refractivity contribution < 1.29 is 25.2 Å². The first-order chi connectivity index (χ1) is 16.5. The number of aromatic hydroxyl groups is 4. The van der Waals surface area contributed by atoms with E-state index < -0.39 is 5.92 Å². The van der Waals surface area contributed by atoms with Gasteiger partial charge in [-0.3, -0.25) is 0 Å². The van der Waals surface area contributed by atoms with Gasteiger partial charge in [0.1, 0.15) is 29.3 Å². The second-order valence-corrected chi connectivity index (χ2v) is 9.60. The molecule has 0 saturated heterocycles. The highest BCUT2D eigenvalue weighted by molar-refractivity contribution is 5.61. The van der Waals surface area contributed by atoms with Crippen LogP contribution in [0.15, 0.2) is 59.2 Å². The van der Waals surface area contributed by atoms with Gasteiger partial charge in [-0.15, -0.1) is 0 Å². The number of phenols is 4. The maximum atomic E-state index is 11.6. The van der Waals surface area contributed by atoms with Gasteiger partial charge in [0.15, 0.2) is 0 Å². The first-order valence-electron chi connectivity index (χ1n) is 12.0. The summed E-state index contributed by atoms with van der Waals surface area (Å²) >= 11 is 0. The molecule has 0 spiro atoms. The van der Waals surface area contributed by atoms with E-state index in [-0.39, 0.29) is 35.0 Å². The van der Waals surface area contributed by atoms with Crippen molar-refractivity contribution in [2.75, 3.05) is 0 Å². The molecule has 5 nitrogen and oxygen atoms in total. The Morgan fingerprint density at radius 3 is 1.86 bits per heavy atom. The van der Waals surface area contributed by atoms with E-state index in [1.165, 1.54) is 11.1 Å². The number of benzene rings is 2. The molecule has 2 aromatic carbocycles. The Bertz CT molecular complexity index is 1110. The van der Waals surface area contributed by atoms with E-state index in [1.807, 2.05) is 32.1 Å². The van der Waals surface area contributed by atoms with Crippen LogP contribution in [-0.4, -0.2) is 26.7 Å². The van der Waals surface area contributed by atoms with Crippen molar-refractivity contribution in [1.29, 1.82) is 0 Å². The Hall–Kier alpha value is -3.47. The van der Waals surface area contributed by atoms with E-state index >= 15 is 0 Å². The van der Waals surface area contributed by atoms with Crippen molar-refractivity contribution in [2.24, 2.45) is 0 Å². The second-order valence-electron chi connectivity index (χ2n) is 9.60. The summed E-state index contributed by atoms with van der Waals surface area (Å²) in [6, 6.07) is 5.96. The van der Waals surface area contributed by atoms with E-state index in [4.69, 9.17) is 0 Å². The van der Waals surface area contributed by atoms with E-state index in [1.54, 1.807) is 0 Å². The fourth-order valence-electron chi connectivity index (χ4n) is 4.07. The predicted octanol–water partition coefficient (Wildman–Crippen LogP) is 6.97. The van der Waals surface area contributed by atoms with Gasteiger partial charge in [-0.1, -0.05) is 47.1 Å². The molecule has 0 amide bonds. The Kier molecular flexibility index (Phi) is 10.2. The molecule has 188 valence electrons. The number of allylic oxidation sites excluding steroid dienone is 6. The van der Waals surface area contributed by atoms with Gasteiger partial charge in [-0.25, -0.2) is 0 Å². The van der Waals surface area contributed by atoms with Gasteiger partial charge in [0.05, 0.1) is 0 Å². The summed E-state index contributed by atoms with van der Waals surface area (Å²) in [5, 5.41) is 41.7. The molecular formula is C30H38O5. The van der Waals surface area contributed by atoms with Gasteiger partial charge in [-0.05, 0) is 77.0 Å². The van der Waals surface area contributed by atoms with Gasteiger partial charge >= 0.3 is 0 Å². The standard InChI is InChI=1S/C30H38O5/c1-19(2)7-6-8-21(5)10-12-23-16-24(15-22(30(23)35)11-9-20(3)4)26(13-14-31)29-27(33)17-25(32)18-28(29)34/h7,9-10,14-18,26,32-35H,6,8,11-13H2,1-5H3. The van der Waals surface area contributed by atoms with Crippen LogP contribution in [0.5, 0.6) is 23.0 Å². The minimum Gasteiger partial charge on any atom is -0.508 e. The fourth-order valence-corrected chi connectivity index (χ4v) is 4.07. The summed E-state index contributed by atoms with van der Waals surface area (Å²) in [6.45, 7) is 10.2. The quantitative estimate of drug-likeness (QED) is 0.206. The molecule has 0 radical (unpaired) electrons. The smallest absolute Gasteiger partial charge is 0.126 e. The highest BCUT2D eigenvalue weighted by Gasteiger charge is 2.24. The van der Waals surface area contributed by atoms with Crippen LogP contribution in [0.3, 0.4) is 0 Å². The van der Waals surface area contributed by atoms with Crippen LogP contribution >= 0.6 is 0 Å². The first-order valence-corrected chi connectivity index (χ1v) is 12.0. The van der Waals surface area contributed by atoms with Crippen molar-refractivity contribution in [3.05, 3.63) is 81.5 Å². The lowest BCUT2D eigenvalue weighted by atomic mass is 9.84. The minimum atomic E-state index is -0.638. The summed E-state index contributed by atoms with van der Waals surface area (Å²) in [5.74, 6) is -1.27. The summed E-state index contributed by atoms with van der Waals surface area (Å²) in [5.41, 5.74) is 5.93. The molecule has 2 aromatic rings. The highest BCUT2D eigenvalue weighted by atomic mass is 16.3. The van der Waals surface area contributed by atoms with Crippen molar-refractivity contribution in [3.8, 4) is 23.0 Å². The average molecular weight is 479 g/mol. The maximum Gasteiger partial charge on any atom is 0.126 e. The van der Waals surface area contributed by atoms with Crippen LogP contribution < -0.4 is 0 Å². The van der Waals surface area contributed by atoms with Crippen molar-refractivity contribution >= 4 is 6.29 Å². The molecule has 0 saturated carbocycles. The number of hydrogen-bond donors (Lipinski definition) is 4. The lowest BCUT2D eigenvalue weighted by Crippen LogP contribution is -2.06. The molecular weight excluding hydrogens is 440 g/mol. The second kappa shape index (κ2) is 12.8. The predicted molar refractivity (Wildman–Crippen MR) is 141 cm³/mol. The zero-order valence-electron chi connectivity index (χ0n) is 21.4. The molecule has 0 fully saturated rings. The molecule has 2 rings (SSSR count). The lowest BCUT2D eigenvalue weighted by Gasteiger charge is -2.21. The van der Waals surface area contributed by atoms with E-state index in [9.17, 15) is 25.2 Å². The monoisotopic (exact) mass is 478 g/mol. The summed E-state index contributed by atoms with van der Waals surface area (Å²) in [7, 11) is 0. The van der Waals surface area contributed by atoms with Crippen LogP contribution in [-0.2, 0) is 17.6 Å². The maximum absolute atomic E-state index is 11.6. The molecule has 35 heavy (non-hydrogen) atoms. The van der Waals surface area contributed by atoms with Gasteiger partial charge in [0.2, 0.25) is 0 Å². The Labute approximate surface area is 208 Å². The number of carbonyl (C=O) groups excluding carboxylic acids is 1. The highest BCUT2D eigenvalue weighted by Crippen LogP contribution is 2.43. The van der Waals surface area contributed by atoms with Gasteiger partial charge in [0.25, 0.3) is 0 Å². The molecule has 1 unspecified atom stereocenters. The Morgan fingerprint density at radius 1 is 0.800 bits per heavy atom. The lowest BCUT2D eigenvalue weighted by molar-refractivity contribution is -0.108. The largest absolute Gasteiger partial charge is 0.508 e. The van der Waals surface area contributed by atoms with Gasteiger partial charge in [-0.2, -0.15) is 0 Å². The topological polar surface area (TPSA) is 98.0 Å². The van der Waals surface area contributed by atoms with Crippen molar-refractivity contribution in [3.63, 3.8) is 0 Å². The van der Waals surface area contributed by atoms with E-state index in [0.29, 0.717) is 24.0 Å². The SMILES string of the molecule is CC(C)=CCCC(C)=CCc1cc(C(CC=O)c2c(O)cc(O)cc2O)cc(CC=C(C)C)c1O. The first kappa shape index (κ1) is 27.8. The molecule has 0 aliphatic rings. The molecule has 0 heterocycles. The van der Waals surface area contributed by atoms with E-state index in [0.717, 1.165) is 42.4 Å². The van der Waals surface area contributed by atoms with Crippen LogP contribution in [0, 0.1) is 0 Å². The normalized spacial score (nSPS) is 12.2. The Morgan fingerprint density at radius 2 is 1.34 bits per heavy atom.